The van der Waals surface area contributed by atoms with Crippen LogP contribution in [0.1, 0.15) is 18.4 Å². The summed E-state index contributed by atoms with van der Waals surface area (Å²) < 4.78 is 16.3. The Balaban J connectivity index is 1.64. The molecule has 142 valence electrons. The zero-order valence-corrected chi connectivity index (χ0v) is 16.4. The molecule has 0 bridgehead atoms. The van der Waals surface area contributed by atoms with E-state index < -0.39 is 0 Å². The summed E-state index contributed by atoms with van der Waals surface area (Å²) in [6.07, 6.45) is 0. The summed E-state index contributed by atoms with van der Waals surface area (Å²) in [6.45, 7) is 3.80. The van der Waals surface area contributed by atoms with Gasteiger partial charge in [-0.05, 0) is 55.9 Å². The minimum absolute atomic E-state index is 0.538. The summed E-state index contributed by atoms with van der Waals surface area (Å²) >= 11 is 5.91. The summed E-state index contributed by atoms with van der Waals surface area (Å²) in [5.41, 5.74) is 1.98. The highest BCUT2D eigenvalue weighted by atomic mass is 35.5. The summed E-state index contributed by atoms with van der Waals surface area (Å²) in [7, 11) is 3.64. The Morgan fingerprint density at radius 3 is 2.56 bits per heavy atom. The van der Waals surface area contributed by atoms with Crippen molar-refractivity contribution in [3.63, 3.8) is 0 Å². The van der Waals surface area contributed by atoms with Gasteiger partial charge in [0.25, 0.3) is 0 Å². The molecule has 0 aliphatic rings. The number of benzene rings is 2. The van der Waals surface area contributed by atoms with E-state index >= 15 is 0 Å². The lowest BCUT2D eigenvalue weighted by Gasteiger charge is -2.16. The molecule has 0 N–H and O–H groups in total. The highest BCUT2D eigenvalue weighted by Gasteiger charge is 2.12. The maximum Gasteiger partial charge on any atom is 0.241 e. The number of hydrogen-bond acceptors (Lipinski definition) is 6. The third kappa shape index (κ3) is 4.99. The molecule has 0 aliphatic carbocycles. The minimum Gasteiger partial charge on any atom is -0.493 e. The second kappa shape index (κ2) is 8.88. The van der Waals surface area contributed by atoms with Crippen LogP contribution in [-0.2, 0) is 13.1 Å². The third-order valence-corrected chi connectivity index (χ3v) is 4.21. The lowest BCUT2D eigenvalue weighted by molar-refractivity contribution is 0.260. The normalized spacial score (nSPS) is 11.0. The van der Waals surface area contributed by atoms with Crippen LogP contribution in [0.2, 0.25) is 5.02 Å². The molecule has 7 heteroatoms. The number of halogens is 1. The Labute approximate surface area is 163 Å². The van der Waals surface area contributed by atoms with E-state index in [0.717, 1.165) is 22.6 Å². The van der Waals surface area contributed by atoms with E-state index in [9.17, 15) is 0 Å². The van der Waals surface area contributed by atoms with Gasteiger partial charge in [0, 0.05) is 17.1 Å². The van der Waals surface area contributed by atoms with Crippen molar-refractivity contribution in [1.29, 1.82) is 0 Å². The largest absolute Gasteiger partial charge is 0.493 e. The van der Waals surface area contributed by atoms with Crippen LogP contribution in [0.3, 0.4) is 0 Å². The molecule has 0 spiro atoms. The van der Waals surface area contributed by atoms with Crippen LogP contribution in [0.4, 0.5) is 0 Å². The fraction of sp³-hybridized carbons (Fsp3) is 0.300. The molecule has 27 heavy (non-hydrogen) atoms. The zero-order chi connectivity index (χ0) is 19.2. The monoisotopic (exact) mass is 387 g/mol. The van der Waals surface area contributed by atoms with Crippen molar-refractivity contribution in [2.45, 2.75) is 20.0 Å². The molecule has 0 saturated heterocycles. The summed E-state index contributed by atoms with van der Waals surface area (Å²) in [6, 6.07) is 13.3. The molecule has 0 unspecified atom stereocenters. The van der Waals surface area contributed by atoms with Gasteiger partial charge in [-0.3, -0.25) is 4.90 Å². The zero-order valence-electron chi connectivity index (χ0n) is 15.6. The van der Waals surface area contributed by atoms with E-state index in [-0.39, 0.29) is 0 Å². The molecule has 0 radical (unpaired) electrons. The molecule has 0 amide bonds. The fourth-order valence-corrected chi connectivity index (χ4v) is 2.84. The van der Waals surface area contributed by atoms with E-state index in [1.807, 2.05) is 44.3 Å². The van der Waals surface area contributed by atoms with Crippen molar-refractivity contribution in [3.05, 3.63) is 58.9 Å². The first-order chi connectivity index (χ1) is 13.1. The maximum absolute atomic E-state index is 5.91. The van der Waals surface area contributed by atoms with Gasteiger partial charge in [-0.15, -0.1) is 0 Å². The maximum atomic E-state index is 5.91. The van der Waals surface area contributed by atoms with Gasteiger partial charge in [-0.2, -0.15) is 4.98 Å². The average Bonchev–Trinajstić information content (AvgIpc) is 3.12. The number of aromatic nitrogens is 2. The Morgan fingerprint density at radius 2 is 1.85 bits per heavy atom. The average molecular weight is 388 g/mol. The van der Waals surface area contributed by atoms with Crippen molar-refractivity contribution in [2.24, 2.45) is 0 Å². The Bertz CT molecular complexity index is 880. The quantitative estimate of drug-likeness (QED) is 0.569. The molecule has 2 aromatic carbocycles. The van der Waals surface area contributed by atoms with Gasteiger partial charge >= 0.3 is 0 Å². The summed E-state index contributed by atoms with van der Waals surface area (Å²) in [5, 5.41) is 4.72. The number of methoxy groups -OCH3 is 1. The first kappa shape index (κ1) is 19.2. The highest BCUT2D eigenvalue weighted by molar-refractivity contribution is 6.30. The van der Waals surface area contributed by atoms with Gasteiger partial charge in [0.15, 0.2) is 11.5 Å². The van der Waals surface area contributed by atoms with Gasteiger partial charge < -0.3 is 14.0 Å². The molecule has 6 nitrogen and oxygen atoms in total. The summed E-state index contributed by atoms with van der Waals surface area (Å²) in [4.78, 5) is 6.55. The van der Waals surface area contributed by atoms with Crippen molar-refractivity contribution >= 4 is 11.6 Å². The van der Waals surface area contributed by atoms with E-state index in [2.05, 4.69) is 15.0 Å². The summed E-state index contributed by atoms with van der Waals surface area (Å²) in [5.74, 6) is 2.58. The number of nitrogens with zero attached hydrogens (tertiary/aromatic N) is 3. The van der Waals surface area contributed by atoms with Crippen LogP contribution >= 0.6 is 11.6 Å². The molecule has 0 aliphatic heterocycles. The van der Waals surface area contributed by atoms with Crippen LogP contribution in [0.15, 0.2) is 47.0 Å². The Morgan fingerprint density at radius 1 is 1.07 bits per heavy atom. The Hall–Kier alpha value is -2.57. The molecule has 1 aromatic heterocycles. The lowest BCUT2D eigenvalue weighted by Crippen LogP contribution is -2.17. The fourth-order valence-electron chi connectivity index (χ4n) is 2.72. The molecule has 1 heterocycles. The first-order valence-electron chi connectivity index (χ1n) is 8.65. The molecule has 0 fully saturated rings. The second-order valence-electron chi connectivity index (χ2n) is 6.11. The topological polar surface area (TPSA) is 60.6 Å². The van der Waals surface area contributed by atoms with Gasteiger partial charge in [0.2, 0.25) is 11.7 Å². The van der Waals surface area contributed by atoms with Crippen molar-refractivity contribution < 1.29 is 14.0 Å². The van der Waals surface area contributed by atoms with Crippen LogP contribution in [0.5, 0.6) is 11.5 Å². The van der Waals surface area contributed by atoms with Crippen molar-refractivity contribution in [3.8, 4) is 22.9 Å². The number of ether oxygens (including phenoxy) is 2. The molecular weight excluding hydrogens is 366 g/mol. The highest BCUT2D eigenvalue weighted by Crippen LogP contribution is 2.28. The van der Waals surface area contributed by atoms with Crippen molar-refractivity contribution in [2.75, 3.05) is 20.8 Å². The SMILES string of the molecule is CCOc1ccc(CN(C)Cc2nc(-c3ccc(Cl)cc3)no2)cc1OC. The van der Waals surface area contributed by atoms with E-state index in [4.69, 9.17) is 25.6 Å². The van der Waals surface area contributed by atoms with Gasteiger partial charge in [-0.25, -0.2) is 0 Å². The van der Waals surface area contributed by atoms with Crippen LogP contribution in [-0.4, -0.2) is 35.8 Å². The molecule has 0 saturated carbocycles. The van der Waals surface area contributed by atoms with E-state index in [1.165, 1.54) is 0 Å². The first-order valence-corrected chi connectivity index (χ1v) is 9.03. The predicted molar refractivity (Wildman–Crippen MR) is 104 cm³/mol. The van der Waals surface area contributed by atoms with Gasteiger partial charge in [-0.1, -0.05) is 22.8 Å². The minimum atomic E-state index is 0.538. The smallest absolute Gasteiger partial charge is 0.241 e. The van der Waals surface area contributed by atoms with E-state index in [1.54, 1.807) is 19.2 Å². The molecule has 3 rings (SSSR count). The molecule has 0 atom stereocenters. The lowest BCUT2D eigenvalue weighted by atomic mass is 10.2. The van der Waals surface area contributed by atoms with Crippen molar-refractivity contribution in [1.82, 2.24) is 15.0 Å². The number of rotatable bonds is 8. The molecular formula is C20H22ClN3O3. The standard InChI is InChI=1S/C20H22ClN3O3/c1-4-26-17-10-5-14(11-18(17)25-3)12-24(2)13-19-22-20(23-27-19)15-6-8-16(21)9-7-15/h5-11H,4,12-13H2,1-3H3. The second-order valence-corrected chi connectivity index (χ2v) is 6.55. The Kier molecular flexibility index (Phi) is 6.32. The number of hydrogen-bond donors (Lipinski definition) is 0. The molecule has 3 aromatic rings. The van der Waals surface area contributed by atoms with Gasteiger partial charge in [0.1, 0.15) is 0 Å². The van der Waals surface area contributed by atoms with E-state index in [0.29, 0.717) is 36.4 Å². The van der Waals surface area contributed by atoms with Crippen LogP contribution in [0.25, 0.3) is 11.4 Å². The third-order valence-electron chi connectivity index (χ3n) is 3.96. The predicted octanol–water partition coefficient (Wildman–Crippen LogP) is 4.43. The van der Waals surface area contributed by atoms with Gasteiger partial charge in [0.05, 0.1) is 20.3 Å². The van der Waals surface area contributed by atoms with Crippen LogP contribution < -0.4 is 9.47 Å². The van der Waals surface area contributed by atoms with Crippen LogP contribution in [0, 0.1) is 0 Å².